The molecule has 1 amide bonds. The number of halogens is 2. The van der Waals surface area contributed by atoms with Gasteiger partial charge in [-0.3, -0.25) is 4.79 Å². The molecule has 18 heavy (non-hydrogen) atoms. The molecular formula is C13H18F2N2O. The summed E-state index contributed by atoms with van der Waals surface area (Å²) in [5.74, 6) is -1.60. The van der Waals surface area contributed by atoms with Crippen LogP contribution in [-0.2, 0) is 4.79 Å². The number of carbonyl (C=O) groups excluding carboxylic acids is 1. The largest absolute Gasteiger partial charge is 0.325 e. The van der Waals surface area contributed by atoms with Crippen LogP contribution in [-0.4, -0.2) is 19.0 Å². The molecule has 1 aromatic rings. The molecule has 2 N–H and O–H groups in total. The molecule has 1 rings (SSSR count). The highest BCUT2D eigenvalue weighted by atomic mass is 19.2. The lowest BCUT2D eigenvalue weighted by Gasteiger charge is -2.08. The summed E-state index contributed by atoms with van der Waals surface area (Å²) in [7, 11) is 0. The summed E-state index contributed by atoms with van der Waals surface area (Å²) in [6, 6.07) is 3.27. The molecule has 0 radical (unpaired) electrons. The van der Waals surface area contributed by atoms with Gasteiger partial charge >= 0.3 is 0 Å². The molecule has 5 heteroatoms. The molecule has 0 bridgehead atoms. The lowest BCUT2D eigenvalue weighted by Crippen LogP contribution is -2.29. The fourth-order valence-corrected chi connectivity index (χ4v) is 1.37. The number of hydrogen-bond donors (Lipinski definition) is 2. The monoisotopic (exact) mass is 256 g/mol. The third-order valence-corrected chi connectivity index (χ3v) is 2.39. The van der Waals surface area contributed by atoms with Crippen LogP contribution >= 0.6 is 0 Å². The van der Waals surface area contributed by atoms with Crippen molar-refractivity contribution >= 4 is 11.6 Å². The van der Waals surface area contributed by atoms with Gasteiger partial charge in [-0.15, -0.1) is 0 Å². The van der Waals surface area contributed by atoms with Crippen molar-refractivity contribution in [3.8, 4) is 0 Å². The number of benzene rings is 1. The zero-order chi connectivity index (χ0) is 13.5. The Morgan fingerprint density at radius 1 is 1.28 bits per heavy atom. The van der Waals surface area contributed by atoms with E-state index in [0.29, 0.717) is 5.92 Å². The Labute approximate surface area is 106 Å². The summed E-state index contributed by atoms with van der Waals surface area (Å²) in [5.41, 5.74) is 0.254. The predicted octanol–water partition coefficient (Wildman–Crippen LogP) is 2.54. The van der Waals surface area contributed by atoms with Crippen molar-refractivity contribution in [3.63, 3.8) is 0 Å². The van der Waals surface area contributed by atoms with Crippen molar-refractivity contribution in [2.24, 2.45) is 5.92 Å². The van der Waals surface area contributed by atoms with E-state index < -0.39 is 11.6 Å². The van der Waals surface area contributed by atoms with E-state index in [1.165, 1.54) is 6.07 Å². The van der Waals surface area contributed by atoms with Gasteiger partial charge in [0.05, 0.1) is 6.54 Å². The quantitative estimate of drug-likeness (QED) is 0.768. The average Bonchev–Trinajstić information content (AvgIpc) is 2.29. The van der Waals surface area contributed by atoms with Crippen LogP contribution in [0.3, 0.4) is 0 Å². The lowest BCUT2D eigenvalue weighted by atomic mass is 10.1. The van der Waals surface area contributed by atoms with Crippen LogP contribution in [0.5, 0.6) is 0 Å². The zero-order valence-electron chi connectivity index (χ0n) is 10.6. The van der Waals surface area contributed by atoms with Crippen LogP contribution in [0.2, 0.25) is 0 Å². The Morgan fingerprint density at radius 3 is 2.61 bits per heavy atom. The maximum absolute atomic E-state index is 12.9. The minimum atomic E-state index is -0.972. The predicted molar refractivity (Wildman–Crippen MR) is 67.3 cm³/mol. The van der Waals surface area contributed by atoms with Crippen molar-refractivity contribution in [2.75, 3.05) is 18.4 Å². The smallest absolute Gasteiger partial charge is 0.238 e. The molecular weight excluding hydrogens is 238 g/mol. The van der Waals surface area contributed by atoms with Crippen molar-refractivity contribution in [1.82, 2.24) is 5.32 Å². The Kier molecular flexibility index (Phi) is 5.71. The van der Waals surface area contributed by atoms with E-state index in [1.54, 1.807) is 0 Å². The van der Waals surface area contributed by atoms with Gasteiger partial charge in [0.15, 0.2) is 11.6 Å². The first kappa shape index (κ1) is 14.6. The normalized spacial score (nSPS) is 10.7. The lowest BCUT2D eigenvalue weighted by molar-refractivity contribution is -0.115. The fourth-order valence-electron chi connectivity index (χ4n) is 1.37. The van der Waals surface area contributed by atoms with Crippen molar-refractivity contribution < 1.29 is 13.6 Å². The Hall–Kier alpha value is -1.49. The molecule has 0 unspecified atom stereocenters. The van der Waals surface area contributed by atoms with E-state index in [0.717, 1.165) is 25.1 Å². The number of carbonyl (C=O) groups is 1. The van der Waals surface area contributed by atoms with Gasteiger partial charge in [-0.1, -0.05) is 13.8 Å². The molecule has 1 aromatic carbocycles. The summed E-state index contributed by atoms with van der Waals surface area (Å²) in [4.78, 5) is 11.5. The van der Waals surface area contributed by atoms with E-state index >= 15 is 0 Å². The molecule has 0 fully saturated rings. The van der Waals surface area contributed by atoms with Crippen LogP contribution in [0, 0.1) is 17.6 Å². The number of rotatable bonds is 6. The first-order chi connectivity index (χ1) is 8.49. The number of amides is 1. The van der Waals surface area contributed by atoms with Crippen molar-refractivity contribution in [3.05, 3.63) is 29.8 Å². The molecule has 0 atom stereocenters. The van der Waals surface area contributed by atoms with Gasteiger partial charge in [-0.05, 0) is 31.0 Å². The zero-order valence-corrected chi connectivity index (χ0v) is 10.6. The molecule has 3 nitrogen and oxygen atoms in total. The van der Waals surface area contributed by atoms with Crippen LogP contribution in [0.15, 0.2) is 18.2 Å². The van der Waals surface area contributed by atoms with Crippen LogP contribution < -0.4 is 10.6 Å². The second kappa shape index (κ2) is 7.06. The molecule has 0 spiro atoms. The summed E-state index contributed by atoms with van der Waals surface area (Å²) in [6.45, 7) is 5.11. The molecule has 0 heterocycles. The summed E-state index contributed by atoms with van der Waals surface area (Å²) >= 11 is 0. The summed E-state index contributed by atoms with van der Waals surface area (Å²) in [6.07, 6.45) is 0.985. The summed E-state index contributed by atoms with van der Waals surface area (Å²) < 4.78 is 25.5. The minimum Gasteiger partial charge on any atom is -0.325 e. The van der Waals surface area contributed by atoms with Gasteiger partial charge in [0, 0.05) is 11.8 Å². The Morgan fingerprint density at radius 2 is 2.00 bits per heavy atom. The van der Waals surface area contributed by atoms with E-state index in [4.69, 9.17) is 0 Å². The van der Waals surface area contributed by atoms with E-state index in [9.17, 15) is 13.6 Å². The highest BCUT2D eigenvalue weighted by Crippen LogP contribution is 2.12. The molecule has 100 valence electrons. The Bertz CT molecular complexity index is 408. The van der Waals surface area contributed by atoms with Gasteiger partial charge in [0.25, 0.3) is 0 Å². The highest BCUT2D eigenvalue weighted by Gasteiger charge is 2.05. The molecule has 0 aromatic heterocycles. The van der Waals surface area contributed by atoms with Gasteiger partial charge < -0.3 is 10.6 Å². The second-order valence-corrected chi connectivity index (χ2v) is 4.54. The second-order valence-electron chi connectivity index (χ2n) is 4.54. The third kappa shape index (κ3) is 5.23. The number of hydrogen-bond acceptors (Lipinski definition) is 2. The van der Waals surface area contributed by atoms with E-state index in [1.807, 2.05) is 0 Å². The topological polar surface area (TPSA) is 41.1 Å². The van der Waals surface area contributed by atoms with Gasteiger partial charge in [0.1, 0.15) is 0 Å². The third-order valence-electron chi connectivity index (χ3n) is 2.39. The maximum Gasteiger partial charge on any atom is 0.238 e. The molecule has 0 aliphatic rings. The number of anilines is 1. The molecule has 0 aliphatic carbocycles. The molecule has 0 aliphatic heterocycles. The summed E-state index contributed by atoms with van der Waals surface area (Å²) in [5, 5.41) is 5.47. The minimum absolute atomic E-state index is 0.158. The van der Waals surface area contributed by atoms with Crippen LogP contribution in [0.1, 0.15) is 20.3 Å². The average molecular weight is 256 g/mol. The van der Waals surface area contributed by atoms with Crippen LogP contribution in [0.4, 0.5) is 14.5 Å². The Balaban J connectivity index is 2.33. The van der Waals surface area contributed by atoms with Gasteiger partial charge in [-0.2, -0.15) is 0 Å². The van der Waals surface area contributed by atoms with E-state index in [2.05, 4.69) is 24.5 Å². The first-order valence-electron chi connectivity index (χ1n) is 5.94. The van der Waals surface area contributed by atoms with Crippen molar-refractivity contribution in [1.29, 1.82) is 0 Å². The van der Waals surface area contributed by atoms with Crippen LogP contribution in [0.25, 0.3) is 0 Å². The fraction of sp³-hybridized carbons (Fsp3) is 0.462. The van der Waals surface area contributed by atoms with Gasteiger partial charge in [0.2, 0.25) is 5.91 Å². The highest BCUT2D eigenvalue weighted by molar-refractivity contribution is 5.92. The standard InChI is InChI=1S/C13H18F2N2O/c1-9(2)5-6-16-8-13(18)17-10-3-4-11(14)12(15)7-10/h3-4,7,9,16H,5-6,8H2,1-2H3,(H,17,18). The first-order valence-corrected chi connectivity index (χ1v) is 5.94. The van der Waals surface area contributed by atoms with E-state index in [-0.39, 0.29) is 18.1 Å². The SMILES string of the molecule is CC(C)CCNCC(=O)Nc1ccc(F)c(F)c1. The van der Waals surface area contributed by atoms with Gasteiger partial charge in [-0.25, -0.2) is 8.78 Å². The molecule has 0 saturated carbocycles. The molecule has 0 saturated heterocycles. The number of nitrogens with one attached hydrogen (secondary N) is 2. The van der Waals surface area contributed by atoms with Crippen molar-refractivity contribution in [2.45, 2.75) is 20.3 Å². The maximum atomic E-state index is 12.9.